The van der Waals surface area contributed by atoms with Gasteiger partial charge in [-0.15, -0.1) is 0 Å². The number of aromatic hydroxyl groups is 1. The number of ether oxygens (including phenoxy) is 1. The zero-order valence-corrected chi connectivity index (χ0v) is 13.4. The van der Waals surface area contributed by atoms with E-state index in [1.807, 2.05) is 6.92 Å². The van der Waals surface area contributed by atoms with Crippen LogP contribution in [-0.2, 0) is 0 Å². The topological polar surface area (TPSA) is 104 Å². The Hall–Kier alpha value is -3.35. The number of carboxylic acids is 1. The molecule has 3 rings (SSSR count). The van der Waals surface area contributed by atoms with Crippen molar-refractivity contribution in [1.29, 1.82) is 0 Å². The lowest BCUT2D eigenvalue weighted by Crippen LogP contribution is -2.29. The molecule has 2 aromatic rings. The molecule has 1 aliphatic heterocycles. The zero-order valence-electron chi connectivity index (χ0n) is 13.4. The summed E-state index contributed by atoms with van der Waals surface area (Å²) in [6.45, 7) is 2.33. The molecule has 2 N–H and O–H groups in total. The number of hydrogen-bond donors (Lipinski definition) is 2. The van der Waals surface area contributed by atoms with Crippen molar-refractivity contribution in [2.24, 2.45) is 0 Å². The third kappa shape index (κ3) is 2.69. The number of anilines is 1. The van der Waals surface area contributed by atoms with Crippen LogP contribution in [0.15, 0.2) is 36.4 Å². The van der Waals surface area contributed by atoms with Crippen LogP contribution in [0.3, 0.4) is 0 Å². The minimum absolute atomic E-state index is 0.0721. The van der Waals surface area contributed by atoms with Crippen molar-refractivity contribution in [3.63, 3.8) is 0 Å². The first kappa shape index (κ1) is 16.5. The van der Waals surface area contributed by atoms with Crippen molar-refractivity contribution in [3.05, 3.63) is 53.1 Å². The number of benzene rings is 2. The first-order valence-electron chi connectivity index (χ1n) is 7.66. The molecular formula is C18H15NO6. The molecule has 0 radical (unpaired) electrons. The van der Waals surface area contributed by atoms with Gasteiger partial charge in [-0.1, -0.05) is 13.0 Å². The number of aromatic carboxylic acids is 1. The quantitative estimate of drug-likeness (QED) is 0.810. The first-order valence-corrected chi connectivity index (χ1v) is 7.66. The van der Waals surface area contributed by atoms with E-state index in [9.17, 15) is 19.5 Å². The Balaban J connectivity index is 2.06. The van der Waals surface area contributed by atoms with E-state index in [2.05, 4.69) is 0 Å². The summed E-state index contributed by atoms with van der Waals surface area (Å²) in [6, 6.07) is 8.30. The average Bonchev–Trinajstić information content (AvgIpc) is 2.85. The van der Waals surface area contributed by atoms with Crippen molar-refractivity contribution >= 4 is 23.5 Å². The second-order valence-electron chi connectivity index (χ2n) is 5.48. The molecule has 1 aliphatic rings. The van der Waals surface area contributed by atoms with E-state index in [1.54, 1.807) is 12.1 Å². The van der Waals surface area contributed by atoms with Gasteiger partial charge in [0, 0.05) is 0 Å². The van der Waals surface area contributed by atoms with Crippen LogP contribution < -0.4 is 9.64 Å². The number of fused-ring (bicyclic) bond motifs is 1. The molecule has 7 nitrogen and oxygen atoms in total. The summed E-state index contributed by atoms with van der Waals surface area (Å²) in [5.41, 5.74) is 0.0359. The van der Waals surface area contributed by atoms with Crippen LogP contribution >= 0.6 is 0 Å². The van der Waals surface area contributed by atoms with Crippen LogP contribution in [0, 0.1) is 0 Å². The van der Waals surface area contributed by atoms with Gasteiger partial charge in [0.1, 0.15) is 17.1 Å². The molecule has 0 bridgehead atoms. The van der Waals surface area contributed by atoms with Gasteiger partial charge in [0.25, 0.3) is 11.8 Å². The van der Waals surface area contributed by atoms with Crippen molar-refractivity contribution < 1.29 is 29.3 Å². The van der Waals surface area contributed by atoms with E-state index in [4.69, 9.17) is 9.84 Å². The molecule has 0 aliphatic carbocycles. The number of hydrogen-bond acceptors (Lipinski definition) is 5. The molecule has 0 saturated heterocycles. The van der Waals surface area contributed by atoms with E-state index in [0.717, 1.165) is 23.5 Å². The lowest BCUT2D eigenvalue weighted by atomic mass is 10.1. The Morgan fingerprint density at radius 1 is 1.16 bits per heavy atom. The van der Waals surface area contributed by atoms with Gasteiger partial charge in [-0.3, -0.25) is 9.59 Å². The summed E-state index contributed by atoms with van der Waals surface area (Å²) in [5, 5.41) is 18.7. The van der Waals surface area contributed by atoms with Crippen LogP contribution in [0.2, 0.25) is 0 Å². The van der Waals surface area contributed by atoms with Gasteiger partial charge in [0.15, 0.2) is 0 Å². The van der Waals surface area contributed by atoms with E-state index in [1.165, 1.54) is 12.1 Å². The van der Waals surface area contributed by atoms with Crippen LogP contribution in [0.1, 0.15) is 44.4 Å². The zero-order chi connectivity index (χ0) is 18.1. The Kier molecular flexibility index (Phi) is 4.14. The highest BCUT2D eigenvalue weighted by molar-refractivity contribution is 6.35. The molecule has 7 heteroatoms. The van der Waals surface area contributed by atoms with Crippen molar-refractivity contribution in [3.8, 4) is 11.5 Å². The lowest BCUT2D eigenvalue weighted by Gasteiger charge is -2.15. The molecule has 0 saturated carbocycles. The van der Waals surface area contributed by atoms with Gasteiger partial charge >= 0.3 is 5.97 Å². The molecule has 0 aromatic heterocycles. The summed E-state index contributed by atoms with van der Waals surface area (Å²) in [4.78, 5) is 37.5. The largest absolute Gasteiger partial charge is 0.507 e. The molecule has 0 spiro atoms. The van der Waals surface area contributed by atoms with Crippen LogP contribution in [0.4, 0.5) is 5.69 Å². The van der Waals surface area contributed by atoms with Gasteiger partial charge in [0.05, 0.1) is 23.4 Å². The summed E-state index contributed by atoms with van der Waals surface area (Å²) in [7, 11) is 0. The molecule has 128 valence electrons. The monoisotopic (exact) mass is 341 g/mol. The SMILES string of the molecule is CCCOc1cccc2c1C(=O)N(c1ccc(O)c(C(=O)O)c1)C2=O. The predicted octanol–water partition coefficient (Wildman–Crippen LogP) is 2.68. The Morgan fingerprint density at radius 3 is 2.60 bits per heavy atom. The van der Waals surface area contributed by atoms with Crippen LogP contribution in [0.25, 0.3) is 0 Å². The minimum atomic E-state index is -1.36. The highest BCUT2D eigenvalue weighted by atomic mass is 16.5. The number of phenols is 1. The fourth-order valence-corrected chi connectivity index (χ4v) is 2.66. The summed E-state index contributed by atoms with van der Waals surface area (Å²) >= 11 is 0. The minimum Gasteiger partial charge on any atom is -0.507 e. The van der Waals surface area contributed by atoms with E-state index in [-0.39, 0.29) is 16.8 Å². The molecule has 0 atom stereocenters. The third-order valence-corrected chi connectivity index (χ3v) is 3.81. The van der Waals surface area contributed by atoms with Crippen molar-refractivity contribution in [2.45, 2.75) is 13.3 Å². The standard InChI is InChI=1S/C18H15NO6/c1-2-8-25-14-5-3-4-11-15(14)17(22)19(16(11)21)10-6-7-13(20)12(9-10)18(23)24/h3-7,9,20H,2,8H2,1H3,(H,23,24). The first-order chi connectivity index (χ1) is 12.0. The smallest absolute Gasteiger partial charge is 0.339 e. The summed E-state index contributed by atoms with van der Waals surface area (Å²) in [5.74, 6) is -2.64. The van der Waals surface area contributed by atoms with Crippen molar-refractivity contribution in [2.75, 3.05) is 11.5 Å². The molecular weight excluding hydrogens is 326 g/mol. The van der Waals surface area contributed by atoms with Crippen molar-refractivity contribution in [1.82, 2.24) is 0 Å². The Labute approximate surface area is 143 Å². The fourth-order valence-electron chi connectivity index (χ4n) is 2.66. The van der Waals surface area contributed by atoms with E-state index < -0.39 is 29.1 Å². The van der Waals surface area contributed by atoms with Crippen LogP contribution in [0.5, 0.6) is 11.5 Å². The molecule has 1 heterocycles. The molecule has 0 unspecified atom stereocenters. The molecule has 25 heavy (non-hydrogen) atoms. The summed E-state index contributed by atoms with van der Waals surface area (Å²) in [6.07, 6.45) is 0.745. The predicted molar refractivity (Wildman–Crippen MR) is 88.4 cm³/mol. The number of carboxylic acid groups (broad SMARTS) is 1. The number of imide groups is 1. The second kappa shape index (κ2) is 6.27. The van der Waals surface area contributed by atoms with E-state index in [0.29, 0.717) is 12.4 Å². The number of rotatable bonds is 5. The normalized spacial score (nSPS) is 13.1. The van der Waals surface area contributed by atoms with Gasteiger partial charge in [0.2, 0.25) is 0 Å². The number of carbonyl (C=O) groups excluding carboxylic acids is 2. The summed E-state index contributed by atoms with van der Waals surface area (Å²) < 4.78 is 5.55. The fraction of sp³-hybridized carbons (Fsp3) is 0.167. The molecule has 2 amide bonds. The van der Waals surface area contributed by atoms with E-state index >= 15 is 0 Å². The van der Waals surface area contributed by atoms with Gasteiger partial charge < -0.3 is 14.9 Å². The third-order valence-electron chi connectivity index (χ3n) is 3.81. The second-order valence-corrected chi connectivity index (χ2v) is 5.48. The lowest BCUT2D eigenvalue weighted by molar-refractivity contribution is 0.0692. The van der Waals surface area contributed by atoms with Crippen LogP contribution in [-0.4, -0.2) is 34.6 Å². The van der Waals surface area contributed by atoms with Gasteiger partial charge in [-0.05, 0) is 36.8 Å². The Morgan fingerprint density at radius 2 is 1.92 bits per heavy atom. The number of carbonyl (C=O) groups is 3. The maximum Gasteiger partial charge on any atom is 0.339 e. The number of nitrogens with zero attached hydrogens (tertiary/aromatic N) is 1. The maximum atomic E-state index is 12.8. The molecule has 0 fully saturated rings. The highest BCUT2D eigenvalue weighted by Crippen LogP contribution is 2.35. The Bertz CT molecular complexity index is 889. The highest BCUT2D eigenvalue weighted by Gasteiger charge is 2.39. The number of amides is 2. The van der Waals surface area contributed by atoms with Gasteiger partial charge in [-0.25, -0.2) is 9.69 Å². The average molecular weight is 341 g/mol. The molecule has 2 aromatic carbocycles. The van der Waals surface area contributed by atoms with Gasteiger partial charge in [-0.2, -0.15) is 0 Å². The maximum absolute atomic E-state index is 12.8.